The standard InChI is InChI=1S/C17H20FN3O4/c1-21-14(22)8-19-13-7-6-12(18)16(15(13)21)25-9-10-2-4-11(5-3-10)20-17(23)24/h6-8,10-11,20H,2-5,9H2,1H3,(H,23,24). The van der Waals surface area contributed by atoms with Crippen molar-refractivity contribution in [2.45, 2.75) is 31.7 Å². The van der Waals surface area contributed by atoms with Gasteiger partial charge in [0, 0.05) is 13.1 Å². The maximum atomic E-state index is 14.2. The first-order valence-corrected chi connectivity index (χ1v) is 8.22. The van der Waals surface area contributed by atoms with Crippen LogP contribution in [-0.4, -0.2) is 33.4 Å². The van der Waals surface area contributed by atoms with Crippen molar-refractivity contribution in [2.24, 2.45) is 13.0 Å². The van der Waals surface area contributed by atoms with Crippen LogP contribution in [0.25, 0.3) is 11.0 Å². The average molecular weight is 349 g/mol. The van der Waals surface area contributed by atoms with Crippen molar-refractivity contribution in [1.29, 1.82) is 0 Å². The number of hydrogen-bond donors (Lipinski definition) is 2. The molecule has 1 aliphatic rings. The number of carbonyl (C=O) groups is 1. The summed E-state index contributed by atoms with van der Waals surface area (Å²) in [4.78, 5) is 26.5. The predicted molar refractivity (Wildman–Crippen MR) is 89.3 cm³/mol. The fourth-order valence-corrected chi connectivity index (χ4v) is 3.27. The molecule has 25 heavy (non-hydrogen) atoms. The number of carboxylic acid groups (broad SMARTS) is 1. The van der Waals surface area contributed by atoms with Gasteiger partial charge < -0.3 is 19.7 Å². The molecule has 2 aromatic rings. The van der Waals surface area contributed by atoms with Gasteiger partial charge in [0.15, 0.2) is 11.6 Å². The first-order valence-electron chi connectivity index (χ1n) is 8.22. The lowest BCUT2D eigenvalue weighted by molar-refractivity contribution is 0.168. The molecule has 0 spiro atoms. The van der Waals surface area contributed by atoms with Gasteiger partial charge in [-0.15, -0.1) is 0 Å². The van der Waals surface area contributed by atoms with E-state index in [1.165, 1.54) is 22.9 Å². The molecule has 1 fully saturated rings. The lowest BCUT2D eigenvalue weighted by Crippen LogP contribution is -2.37. The molecule has 7 nitrogen and oxygen atoms in total. The van der Waals surface area contributed by atoms with Crippen LogP contribution in [0.5, 0.6) is 5.75 Å². The number of aromatic nitrogens is 2. The highest BCUT2D eigenvalue weighted by atomic mass is 19.1. The Kier molecular flexibility index (Phi) is 4.87. The number of ether oxygens (including phenoxy) is 1. The van der Waals surface area contributed by atoms with Crippen LogP contribution in [0.15, 0.2) is 23.1 Å². The molecule has 0 aliphatic heterocycles. The Morgan fingerprint density at radius 2 is 2.12 bits per heavy atom. The number of halogens is 1. The van der Waals surface area contributed by atoms with Crippen LogP contribution in [0.4, 0.5) is 9.18 Å². The van der Waals surface area contributed by atoms with Gasteiger partial charge >= 0.3 is 6.09 Å². The summed E-state index contributed by atoms with van der Waals surface area (Å²) in [5.41, 5.74) is 0.504. The zero-order valence-corrected chi connectivity index (χ0v) is 13.9. The molecular weight excluding hydrogens is 329 g/mol. The second kappa shape index (κ2) is 7.08. The van der Waals surface area contributed by atoms with Crippen molar-refractivity contribution in [1.82, 2.24) is 14.9 Å². The van der Waals surface area contributed by atoms with Gasteiger partial charge in [-0.2, -0.15) is 0 Å². The number of amides is 1. The van der Waals surface area contributed by atoms with Crippen molar-refractivity contribution in [3.8, 4) is 5.75 Å². The van der Waals surface area contributed by atoms with Crippen molar-refractivity contribution < 1.29 is 19.0 Å². The van der Waals surface area contributed by atoms with E-state index in [1.54, 1.807) is 7.05 Å². The second-order valence-corrected chi connectivity index (χ2v) is 6.38. The van der Waals surface area contributed by atoms with E-state index >= 15 is 0 Å². The Hall–Kier alpha value is -2.64. The SMILES string of the molecule is Cn1c(=O)cnc2ccc(F)c(OCC3CCC(NC(=O)O)CC3)c21. The highest BCUT2D eigenvalue weighted by Crippen LogP contribution is 2.29. The van der Waals surface area contributed by atoms with Gasteiger partial charge in [-0.05, 0) is 43.7 Å². The fraction of sp³-hybridized carbons (Fsp3) is 0.471. The van der Waals surface area contributed by atoms with Gasteiger partial charge in [0.25, 0.3) is 5.56 Å². The van der Waals surface area contributed by atoms with Crippen LogP contribution in [0.1, 0.15) is 25.7 Å². The molecule has 1 aromatic carbocycles. The highest BCUT2D eigenvalue weighted by Gasteiger charge is 2.23. The maximum Gasteiger partial charge on any atom is 0.404 e. The average Bonchev–Trinajstić information content (AvgIpc) is 2.58. The molecule has 8 heteroatoms. The van der Waals surface area contributed by atoms with Crippen LogP contribution in [0, 0.1) is 11.7 Å². The summed E-state index contributed by atoms with van der Waals surface area (Å²) in [6.07, 6.45) is 3.26. The Morgan fingerprint density at radius 1 is 1.40 bits per heavy atom. The van der Waals surface area contributed by atoms with Crippen molar-refractivity contribution >= 4 is 17.1 Å². The molecule has 3 rings (SSSR count). The number of benzene rings is 1. The van der Waals surface area contributed by atoms with E-state index < -0.39 is 11.9 Å². The fourth-order valence-electron chi connectivity index (χ4n) is 3.27. The summed E-state index contributed by atoms with van der Waals surface area (Å²) < 4.78 is 21.3. The van der Waals surface area contributed by atoms with Crippen LogP contribution in [-0.2, 0) is 7.05 Å². The van der Waals surface area contributed by atoms with Gasteiger partial charge in [0.05, 0.1) is 18.3 Å². The third-order valence-electron chi connectivity index (χ3n) is 4.68. The van der Waals surface area contributed by atoms with E-state index in [-0.39, 0.29) is 23.3 Å². The second-order valence-electron chi connectivity index (χ2n) is 6.38. The van der Waals surface area contributed by atoms with Gasteiger partial charge in [-0.25, -0.2) is 14.2 Å². The van der Waals surface area contributed by atoms with Crippen molar-refractivity contribution in [3.05, 3.63) is 34.5 Å². The van der Waals surface area contributed by atoms with E-state index in [1.807, 2.05) is 0 Å². The smallest absolute Gasteiger partial charge is 0.404 e. The van der Waals surface area contributed by atoms with E-state index in [0.29, 0.717) is 17.6 Å². The molecule has 1 aromatic heterocycles. The summed E-state index contributed by atoms with van der Waals surface area (Å²) in [6, 6.07) is 2.76. The van der Waals surface area contributed by atoms with Gasteiger partial charge in [-0.3, -0.25) is 4.79 Å². The highest BCUT2D eigenvalue weighted by molar-refractivity contribution is 5.81. The molecular formula is C17H20FN3O4. The van der Waals surface area contributed by atoms with Crippen LogP contribution in [0.2, 0.25) is 0 Å². The zero-order valence-electron chi connectivity index (χ0n) is 13.9. The largest absolute Gasteiger partial charge is 0.488 e. The first-order chi connectivity index (χ1) is 12.0. The summed E-state index contributed by atoms with van der Waals surface area (Å²) in [5, 5.41) is 11.2. The quantitative estimate of drug-likeness (QED) is 0.883. The topological polar surface area (TPSA) is 93.5 Å². The number of fused-ring (bicyclic) bond motifs is 1. The molecule has 0 atom stereocenters. The van der Waals surface area contributed by atoms with Gasteiger partial charge in [-0.1, -0.05) is 0 Å². The number of hydrogen-bond acceptors (Lipinski definition) is 4. The third kappa shape index (κ3) is 3.72. The molecule has 1 aliphatic carbocycles. The Labute approximate surface area is 143 Å². The predicted octanol–water partition coefficient (Wildman–Crippen LogP) is 2.28. The minimum absolute atomic E-state index is 0.0342. The summed E-state index contributed by atoms with van der Waals surface area (Å²) in [6.45, 7) is 0.318. The van der Waals surface area contributed by atoms with Crippen molar-refractivity contribution in [2.75, 3.05) is 6.61 Å². The van der Waals surface area contributed by atoms with E-state index in [0.717, 1.165) is 25.7 Å². The molecule has 0 unspecified atom stereocenters. The summed E-state index contributed by atoms with van der Waals surface area (Å²) in [5.74, 6) is -0.275. The molecule has 2 N–H and O–H groups in total. The maximum absolute atomic E-state index is 14.2. The number of nitrogens with zero attached hydrogens (tertiary/aromatic N) is 2. The Bertz CT molecular complexity index is 844. The third-order valence-corrected chi connectivity index (χ3v) is 4.68. The monoisotopic (exact) mass is 349 g/mol. The van der Waals surface area contributed by atoms with E-state index in [2.05, 4.69) is 10.3 Å². The van der Waals surface area contributed by atoms with E-state index in [4.69, 9.17) is 9.84 Å². The number of rotatable bonds is 4. The van der Waals surface area contributed by atoms with Crippen LogP contribution >= 0.6 is 0 Å². The number of aryl methyl sites for hydroxylation is 1. The van der Waals surface area contributed by atoms with Gasteiger partial charge in [0.2, 0.25) is 0 Å². The summed E-state index contributed by atoms with van der Waals surface area (Å²) >= 11 is 0. The van der Waals surface area contributed by atoms with Gasteiger partial charge in [0.1, 0.15) is 5.52 Å². The molecule has 134 valence electrons. The molecule has 1 heterocycles. The molecule has 1 amide bonds. The lowest BCUT2D eigenvalue weighted by Gasteiger charge is -2.28. The van der Waals surface area contributed by atoms with Crippen LogP contribution in [0.3, 0.4) is 0 Å². The first kappa shape index (κ1) is 17.2. The van der Waals surface area contributed by atoms with Crippen molar-refractivity contribution in [3.63, 3.8) is 0 Å². The minimum atomic E-state index is -1.01. The normalized spacial score (nSPS) is 20.4. The zero-order chi connectivity index (χ0) is 18.0. The van der Waals surface area contributed by atoms with E-state index in [9.17, 15) is 14.0 Å². The molecule has 0 bridgehead atoms. The molecule has 1 saturated carbocycles. The molecule has 0 saturated heterocycles. The summed E-state index contributed by atoms with van der Waals surface area (Å²) in [7, 11) is 1.56. The number of nitrogens with one attached hydrogen (secondary N) is 1. The minimum Gasteiger partial charge on any atom is -0.488 e. The Morgan fingerprint density at radius 3 is 2.80 bits per heavy atom. The Balaban J connectivity index is 1.72. The van der Waals surface area contributed by atoms with Crippen LogP contribution < -0.4 is 15.6 Å². The lowest BCUT2D eigenvalue weighted by atomic mass is 9.86. The molecule has 0 radical (unpaired) electrons.